The van der Waals surface area contributed by atoms with E-state index in [1.54, 1.807) is 24.3 Å². The van der Waals surface area contributed by atoms with Gasteiger partial charge in [-0.3, -0.25) is 24.1 Å². The molecule has 2 aliphatic rings. The topological polar surface area (TPSA) is 149 Å². The van der Waals surface area contributed by atoms with Crippen LogP contribution in [-0.4, -0.2) is 78.6 Å². The van der Waals surface area contributed by atoms with Crippen molar-refractivity contribution in [3.8, 4) is 5.75 Å². The highest BCUT2D eigenvalue weighted by Crippen LogP contribution is 2.14. The number of rotatable bonds is 7. The molecule has 11 nitrogen and oxygen atoms in total. The Bertz CT molecular complexity index is 1300. The maximum Gasteiger partial charge on any atom is 0.242 e. The number of hydrogen-bond donors (Lipinski definition) is 5. The minimum atomic E-state index is -0.890. The largest absolute Gasteiger partial charge is 0.508 e. The monoisotopic (exact) mass is 663 g/mol. The molecule has 0 bridgehead atoms. The van der Waals surface area contributed by atoms with Gasteiger partial charge in [-0.05, 0) is 48.1 Å². The summed E-state index contributed by atoms with van der Waals surface area (Å²) in [5.74, 6) is -1.10. The first-order chi connectivity index (χ1) is 23.4. The highest BCUT2D eigenvalue weighted by molar-refractivity contribution is 5.90. The first-order valence-electron chi connectivity index (χ1n) is 17.7. The summed E-state index contributed by atoms with van der Waals surface area (Å²) in [6.07, 6.45) is 8.56. The third kappa shape index (κ3) is 13.6. The average molecular weight is 664 g/mol. The Morgan fingerprint density at radius 2 is 1.38 bits per heavy atom. The number of phenols is 1. The zero-order valence-corrected chi connectivity index (χ0v) is 28.1. The molecule has 0 unspecified atom stereocenters. The number of nitrogens with one attached hydrogen (secondary N) is 4. The van der Waals surface area contributed by atoms with Gasteiger partial charge in [-0.25, -0.2) is 0 Å². The number of nitrogens with zero attached hydrogens (tertiary/aromatic N) is 1. The lowest BCUT2D eigenvalue weighted by atomic mass is 10.0. The van der Waals surface area contributed by atoms with Crippen molar-refractivity contribution in [3.63, 3.8) is 0 Å². The highest BCUT2D eigenvalue weighted by Gasteiger charge is 2.25. The summed E-state index contributed by atoms with van der Waals surface area (Å²) >= 11 is 0. The lowest BCUT2D eigenvalue weighted by Gasteiger charge is -2.26. The van der Waals surface area contributed by atoms with Gasteiger partial charge < -0.3 is 31.1 Å². The molecule has 2 saturated heterocycles. The summed E-state index contributed by atoms with van der Waals surface area (Å²) in [6.45, 7) is 5.00. The summed E-state index contributed by atoms with van der Waals surface area (Å²) in [7, 11) is 0. The molecular weight excluding hydrogens is 610 g/mol. The van der Waals surface area contributed by atoms with Crippen LogP contribution in [0.4, 0.5) is 0 Å². The summed E-state index contributed by atoms with van der Waals surface area (Å²) in [5.41, 5.74) is 2.92. The van der Waals surface area contributed by atoms with Crippen molar-refractivity contribution in [1.29, 1.82) is 0 Å². The third-order valence-corrected chi connectivity index (χ3v) is 8.97. The van der Waals surface area contributed by atoms with Gasteiger partial charge in [0.1, 0.15) is 17.8 Å². The molecule has 2 heterocycles. The van der Waals surface area contributed by atoms with Crippen molar-refractivity contribution in [1.82, 2.24) is 26.2 Å². The molecule has 48 heavy (non-hydrogen) atoms. The molecule has 5 N–H and O–H groups in total. The van der Waals surface area contributed by atoms with Crippen molar-refractivity contribution >= 4 is 23.6 Å². The second-order valence-electron chi connectivity index (χ2n) is 12.9. The second-order valence-corrected chi connectivity index (χ2v) is 12.9. The maximum atomic E-state index is 13.4. The van der Waals surface area contributed by atoms with Crippen LogP contribution in [0, 0.1) is 0 Å². The molecule has 2 aromatic carbocycles. The predicted molar refractivity (Wildman–Crippen MR) is 184 cm³/mol. The standard InChI is InChI=1S/C37H53N5O6/c43-31-16-14-28(15-17-31)25-33-37(47)38-20-8-6-4-2-1-3-5-7-9-34(44)40-32(18-19-35(45)41-33)36(46)39-26-29-10-12-30(13-11-29)27-42-21-23-48-24-22-42/h10-17,32-33,43H,1-9,18-27H2,(H,38,47)(H,39,46)(H,40,44)(H,41,45)/t32-,33-/m0/s1. The number of morpholine rings is 1. The van der Waals surface area contributed by atoms with Crippen LogP contribution in [0.2, 0.25) is 0 Å². The van der Waals surface area contributed by atoms with Gasteiger partial charge in [0, 0.05) is 52.0 Å². The molecule has 4 amide bonds. The van der Waals surface area contributed by atoms with E-state index in [9.17, 15) is 24.3 Å². The summed E-state index contributed by atoms with van der Waals surface area (Å²) in [4.78, 5) is 54.9. The number of carbonyl (C=O) groups excluding carboxylic acids is 4. The minimum absolute atomic E-state index is 0.0477. The van der Waals surface area contributed by atoms with Crippen LogP contribution in [0.3, 0.4) is 0 Å². The van der Waals surface area contributed by atoms with Gasteiger partial charge in [-0.2, -0.15) is 0 Å². The van der Waals surface area contributed by atoms with Crippen LogP contribution in [0.15, 0.2) is 48.5 Å². The van der Waals surface area contributed by atoms with E-state index >= 15 is 0 Å². The van der Waals surface area contributed by atoms with Gasteiger partial charge >= 0.3 is 0 Å². The van der Waals surface area contributed by atoms with Gasteiger partial charge in [-0.1, -0.05) is 74.9 Å². The molecule has 0 aliphatic carbocycles. The Morgan fingerprint density at radius 1 is 0.771 bits per heavy atom. The highest BCUT2D eigenvalue weighted by atomic mass is 16.5. The molecule has 0 saturated carbocycles. The van der Waals surface area contributed by atoms with Crippen LogP contribution in [0.5, 0.6) is 5.75 Å². The quantitative estimate of drug-likeness (QED) is 0.305. The SMILES string of the molecule is O=C1CCCCCCCCCCNC(=O)[C@H](Cc2ccc(O)cc2)NC(=O)CC[C@@H](C(=O)NCc2ccc(CN3CCOCC3)cc2)N1. The molecule has 2 aromatic rings. The number of aromatic hydroxyl groups is 1. The van der Waals surface area contributed by atoms with Crippen LogP contribution < -0.4 is 21.3 Å². The van der Waals surface area contributed by atoms with E-state index in [4.69, 9.17) is 4.74 Å². The Kier molecular flexibility index (Phi) is 15.7. The second kappa shape index (κ2) is 20.4. The zero-order valence-electron chi connectivity index (χ0n) is 28.1. The van der Waals surface area contributed by atoms with E-state index in [0.717, 1.165) is 95.3 Å². The molecule has 0 spiro atoms. The molecule has 262 valence electrons. The summed E-state index contributed by atoms with van der Waals surface area (Å²) in [6, 6.07) is 12.9. The minimum Gasteiger partial charge on any atom is -0.508 e. The Morgan fingerprint density at radius 3 is 2.08 bits per heavy atom. The lowest BCUT2D eigenvalue weighted by molar-refractivity contribution is -0.131. The Balaban J connectivity index is 1.37. The number of phenolic OH excluding ortho intramolecular Hbond substituents is 1. The van der Waals surface area contributed by atoms with Gasteiger partial charge in [0.15, 0.2) is 0 Å². The van der Waals surface area contributed by atoms with Gasteiger partial charge in [0.25, 0.3) is 0 Å². The summed E-state index contributed by atoms with van der Waals surface area (Å²) < 4.78 is 5.43. The van der Waals surface area contributed by atoms with Crippen molar-refractivity contribution in [2.24, 2.45) is 0 Å². The van der Waals surface area contributed by atoms with E-state index in [0.29, 0.717) is 19.5 Å². The van der Waals surface area contributed by atoms with Crippen molar-refractivity contribution < 1.29 is 29.0 Å². The number of ether oxygens (including phenoxy) is 1. The van der Waals surface area contributed by atoms with Crippen molar-refractivity contribution in [2.75, 3.05) is 32.8 Å². The average Bonchev–Trinajstić information content (AvgIpc) is 3.09. The zero-order chi connectivity index (χ0) is 34.0. The van der Waals surface area contributed by atoms with E-state index in [1.165, 1.54) is 5.56 Å². The molecule has 2 fully saturated rings. The first-order valence-corrected chi connectivity index (χ1v) is 17.7. The van der Waals surface area contributed by atoms with E-state index in [2.05, 4.69) is 38.3 Å². The third-order valence-electron chi connectivity index (χ3n) is 8.97. The first kappa shape index (κ1) is 36.9. The number of hydrogen-bond acceptors (Lipinski definition) is 7. The van der Waals surface area contributed by atoms with Gasteiger partial charge in [0.05, 0.1) is 13.2 Å². The molecule has 4 rings (SSSR count). The van der Waals surface area contributed by atoms with Crippen LogP contribution >= 0.6 is 0 Å². The smallest absolute Gasteiger partial charge is 0.242 e. The number of benzene rings is 2. The predicted octanol–water partition coefficient (Wildman–Crippen LogP) is 3.47. The molecule has 0 radical (unpaired) electrons. The number of carbonyl (C=O) groups is 4. The Labute approximate surface area is 284 Å². The van der Waals surface area contributed by atoms with E-state index < -0.39 is 12.1 Å². The number of amides is 4. The van der Waals surface area contributed by atoms with E-state index in [-0.39, 0.29) is 48.6 Å². The van der Waals surface area contributed by atoms with E-state index in [1.807, 2.05) is 12.1 Å². The molecule has 2 atom stereocenters. The lowest BCUT2D eigenvalue weighted by Crippen LogP contribution is -2.49. The van der Waals surface area contributed by atoms with Gasteiger partial charge in [-0.15, -0.1) is 0 Å². The fourth-order valence-corrected chi connectivity index (χ4v) is 6.05. The van der Waals surface area contributed by atoms with Crippen molar-refractivity contribution in [2.45, 2.75) is 102 Å². The molecule has 2 aliphatic heterocycles. The van der Waals surface area contributed by atoms with Crippen LogP contribution in [0.25, 0.3) is 0 Å². The molecular formula is C37H53N5O6. The van der Waals surface area contributed by atoms with Crippen LogP contribution in [0.1, 0.15) is 87.3 Å². The van der Waals surface area contributed by atoms with Crippen molar-refractivity contribution in [3.05, 3.63) is 65.2 Å². The fraction of sp³-hybridized carbons (Fsp3) is 0.568. The fourth-order valence-electron chi connectivity index (χ4n) is 6.05. The van der Waals surface area contributed by atoms with Crippen LogP contribution in [-0.2, 0) is 43.4 Å². The van der Waals surface area contributed by atoms with Gasteiger partial charge in [0.2, 0.25) is 23.6 Å². The normalized spacial score (nSPS) is 21.7. The maximum absolute atomic E-state index is 13.4. The summed E-state index contributed by atoms with van der Waals surface area (Å²) in [5, 5.41) is 21.3. The Hall–Kier alpha value is -3.96. The molecule has 11 heteroatoms. The molecule has 0 aromatic heterocycles.